The van der Waals surface area contributed by atoms with Gasteiger partial charge in [-0.3, -0.25) is 4.79 Å². The van der Waals surface area contributed by atoms with Gasteiger partial charge >= 0.3 is 0 Å². The van der Waals surface area contributed by atoms with Crippen molar-refractivity contribution in [2.75, 3.05) is 6.26 Å². The van der Waals surface area contributed by atoms with Crippen molar-refractivity contribution < 1.29 is 13.2 Å². The number of benzene rings is 3. The predicted octanol–water partition coefficient (Wildman–Crippen LogP) is 4.46. The quantitative estimate of drug-likeness (QED) is 0.649. The number of sulfone groups is 1. The molecule has 0 saturated carbocycles. The number of nitrogens with one attached hydrogen (secondary N) is 1. The van der Waals surface area contributed by atoms with E-state index in [-0.39, 0.29) is 16.8 Å². The Kier molecular flexibility index (Phi) is 6.17. The summed E-state index contributed by atoms with van der Waals surface area (Å²) in [6.45, 7) is 0. The second-order valence-corrected chi connectivity index (χ2v) is 9.02. The van der Waals surface area contributed by atoms with E-state index >= 15 is 0 Å². The number of amides is 1. The first-order valence-electron chi connectivity index (χ1n) is 8.73. The molecule has 0 fully saturated rings. The zero-order valence-electron chi connectivity index (χ0n) is 15.3. The van der Waals surface area contributed by atoms with Crippen LogP contribution in [0.1, 0.15) is 27.5 Å². The lowest BCUT2D eigenvalue weighted by atomic mass is 9.98. The molecule has 0 aliphatic carbocycles. The van der Waals surface area contributed by atoms with Gasteiger partial charge in [-0.25, -0.2) is 8.42 Å². The van der Waals surface area contributed by atoms with Gasteiger partial charge in [0.15, 0.2) is 9.84 Å². The van der Waals surface area contributed by atoms with Crippen molar-refractivity contribution in [3.63, 3.8) is 0 Å². The van der Waals surface area contributed by atoms with E-state index in [0.717, 1.165) is 17.4 Å². The molecule has 0 heterocycles. The summed E-state index contributed by atoms with van der Waals surface area (Å²) in [4.78, 5) is 12.9. The third kappa shape index (κ3) is 5.21. The molecule has 1 atom stereocenters. The first-order valence-corrected chi connectivity index (χ1v) is 11.0. The number of halogens is 1. The van der Waals surface area contributed by atoms with Crippen LogP contribution in [0.2, 0.25) is 5.02 Å². The number of carbonyl (C=O) groups is 1. The van der Waals surface area contributed by atoms with Crippen LogP contribution in [0.5, 0.6) is 0 Å². The molecule has 28 heavy (non-hydrogen) atoms. The topological polar surface area (TPSA) is 63.2 Å². The summed E-state index contributed by atoms with van der Waals surface area (Å²) in [6.07, 6.45) is 1.70. The summed E-state index contributed by atoms with van der Waals surface area (Å²) < 4.78 is 23.6. The minimum atomic E-state index is -3.38. The van der Waals surface area contributed by atoms with Gasteiger partial charge in [0.25, 0.3) is 5.91 Å². The maximum atomic E-state index is 12.8. The second kappa shape index (κ2) is 8.59. The van der Waals surface area contributed by atoms with E-state index in [4.69, 9.17) is 11.6 Å². The van der Waals surface area contributed by atoms with Crippen LogP contribution in [0.3, 0.4) is 0 Å². The number of carbonyl (C=O) groups excluding carboxylic acids is 1. The molecule has 6 heteroatoms. The summed E-state index contributed by atoms with van der Waals surface area (Å²) in [5.41, 5.74) is 2.30. The maximum Gasteiger partial charge on any atom is 0.251 e. The Labute approximate surface area is 170 Å². The van der Waals surface area contributed by atoms with Crippen molar-refractivity contribution >= 4 is 27.3 Å². The van der Waals surface area contributed by atoms with Crippen molar-refractivity contribution in [1.29, 1.82) is 0 Å². The number of rotatable bonds is 6. The predicted molar refractivity (Wildman–Crippen MR) is 111 cm³/mol. The van der Waals surface area contributed by atoms with Crippen LogP contribution in [0, 0.1) is 0 Å². The van der Waals surface area contributed by atoms with Crippen molar-refractivity contribution in [1.82, 2.24) is 5.32 Å². The minimum absolute atomic E-state index is 0.120. The van der Waals surface area contributed by atoms with Crippen LogP contribution in [-0.2, 0) is 16.3 Å². The van der Waals surface area contributed by atoms with E-state index in [1.54, 1.807) is 12.1 Å². The highest BCUT2D eigenvalue weighted by molar-refractivity contribution is 7.90. The average molecular weight is 414 g/mol. The zero-order valence-corrected chi connectivity index (χ0v) is 16.9. The molecule has 4 nitrogen and oxygen atoms in total. The van der Waals surface area contributed by atoms with Crippen molar-refractivity contribution in [2.24, 2.45) is 0 Å². The van der Waals surface area contributed by atoms with Gasteiger partial charge in [-0.05, 0) is 47.9 Å². The lowest BCUT2D eigenvalue weighted by Gasteiger charge is -2.20. The minimum Gasteiger partial charge on any atom is -0.345 e. The molecule has 0 saturated heterocycles. The normalized spacial score (nSPS) is 12.4. The Morgan fingerprint density at radius 3 is 2.29 bits per heavy atom. The highest BCUT2D eigenvalue weighted by Gasteiger charge is 2.18. The monoisotopic (exact) mass is 413 g/mol. The molecule has 0 radical (unpaired) electrons. The third-order valence-electron chi connectivity index (χ3n) is 4.38. The molecule has 3 aromatic rings. The summed E-state index contributed by atoms with van der Waals surface area (Å²) >= 11 is 5.96. The fourth-order valence-corrected chi connectivity index (χ4v) is 3.70. The molecule has 0 aromatic heterocycles. The zero-order chi connectivity index (χ0) is 20.1. The highest BCUT2D eigenvalue weighted by Crippen LogP contribution is 2.21. The molecule has 3 aromatic carbocycles. The van der Waals surface area contributed by atoms with Crippen LogP contribution < -0.4 is 5.32 Å². The average Bonchev–Trinajstić information content (AvgIpc) is 2.69. The summed E-state index contributed by atoms with van der Waals surface area (Å²) in [6, 6.07) is 22.9. The summed E-state index contributed by atoms with van der Waals surface area (Å²) in [7, 11) is -3.38. The SMILES string of the molecule is CS(=O)(=O)c1cccc(C(=O)NC(Cc2ccc(Cl)cc2)c2ccccc2)c1. The number of hydrogen-bond acceptors (Lipinski definition) is 3. The lowest BCUT2D eigenvalue weighted by molar-refractivity contribution is 0.0936. The van der Waals surface area contributed by atoms with Crippen LogP contribution in [0.4, 0.5) is 0 Å². The van der Waals surface area contributed by atoms with E-state index in [0.29, 0.717) is 17.0 Å². The van der Waals surface area contributed by atoms with Crippen molar-refractivity contribution in [3.05, 3.63) is 101 Å². The van der Waals surface area contributed by atoms with Gasteiger partial charge in [0.2, 0.25) is 0 Å². The molecule has 144 valence electrons. The Morgan fingerprint density at radius 1 is 0.964 bits per heavy atom. The fourth-order valence-electron chi connectivity index (χ4n) is 2.90. The molecule has 1 amide bonds. The van der Waals surface area contributed by atoms with E-state index < -0.39 is 9.84 Å². The van der Waals surface area contributed by atoms with Gasteiger partial charge < -0.3 is 5.32 Å². The van der Waals surface area contributed by atoms with E-state index in [1.807, 2.05) is 54.6 Å². The molecule has 3 rings (SSSR count). The highest BCUT2D eigenvalue weighted by atomic mass is 35.5. The molecule has 1 N–H and O–H groups in total. The first-order chi connectivity index (χ1) is 13.3. The first kappa shape index (κ1) is 20.1. The van der Waals surface area contributed by atoms with Crippen LogP contribution in [-0.4, -0.2) is 20.6 Å². The van der Waals surface area contributed by atoms with Crippen LogP contribution >= 0.6 is 11.6 Å². The second-order valence-electron chi connectivity index (χ2n) is 6.57. The van der Waals surface area contributed by atoms with Gasteiger partial charge in [-0.1, -0.05) is 60.1 Å². The van der Waals surface area contributed by atoms with Gasteiger partial charge in [0, 0.05) is 16.8 Å². The standard InChI is InChI=1S/C22H20ClNO3S/c1-28(26,27)20-9-5-8-18(15-20)22(25)24-21(17-6-3-2-4-7-17)14-16-10-12-19(23)13-11-16/h2-13,15,21H,14H2,1H3,(H,24,25). The molecule has 0 aliphatic heterocycles. The smallest absolute Gasteiger partial charge is 0.251 e. The van der Waals surface area contributed by atoms with Crippen LogP contribution in [0.25, 0.3) is 0 Å². The van der Waals surface area contributed by atoms with Crippen molar-refractivity contribution in [3.8, 4) is 0 Å². The Balaban J connectivity index is 1.87. The Bertz CT molecular complexity index is 1060. The molecule has 0 bridgehead atoms. The molecule has 0 spiro atoms. The molecule has 1 unspecified atom stereocenters. The Morgan fingerprint density at radius 2 is 1.64 bits per heavy atom. The largest absolute Gasteiger partial charge is 0.345 e. The summed E-state index contributed by atoms with van der Waals surface area (Å²) in [5.74, 6) is -0.326. The van der Waals surface area contributed by atoms with E-state index in [1.165, 1.54) is 12.1 Å². The van der Waals surface area contributed by atoms with E-state index in [9.17, 15) is 13.2 Å². The lowest BCUT2D eigenvalue weighted by Crippen LogP contribution is -2.30. The van der Waals surface area contributed by atoms with Crippen molar-refractivity contribution in [2.45, 2.75) is 17.4 Å². The molecular weight excluding hydrogens is 394 g/mol. The third-order valence-corrected chi connectivity index (χ3v) is 5.75. The van der Waals surface area contributed by atoms with Gasteiger partial charge in [-0.15, -0.1) is 0 Å². The summed E-state index contributed by atoms with van der Waals surface area (Å²) in [5, 5.41) is 3.68. The van der Waals surface area contributed by atoms with Gasteiger partial charge in [-0.2, -0.15) is 0 Å². The number of hydrogen-bond donors (Lipinski definition) is 1. The molecular formula is C22H20ClNO3S. The van der Waals surface area contributed by atoms with Crippen LogP contribution in [0.15, 0.2) is 83.8 Å². The Hall–Kier alpha value is -2.63. The van der Waals surface area contributed by atoms with Gasteiger partial charge in [0.05, 0.1) is 10.9 Å². The van der Waals surface area contributed by atoms with E-state index in [2.05, 4.69) is 5.32 Å². The fraction of sp³-hybridized carbons (Fsp3) is 0.136. The maximum absolute atomic E-state index is 12.8. The van der Waals surface area contributed by atoms with Gasteiger partial charge in [0.1, 0.15) is 0 Å². The molecule has 0 aliphatic rings.